The Morgan fingerprint density at radius 1 is 1.24 bits per heavy atom. The zero-order valence-electron chi connectivity index (χ0n) is 13.0. The predicted octanol–water partition coefficient (Wildman–Crippen LogP) is 3.06. The van der Waals surface area contributed by atoms with E-state index >= 15 is 0 Å². The van der Waals surface area contributed by atoms with Crippen molar-refractivity contribution < 1.29 is 0 Å². The van der Waals surface area contributed by atoms with Crippen LogP contribution in [0.15, 0.2) is 17.4 Å². The molecule has 0 aliphatic rings. The van der Waals surface area contributed by atoms with Crippen LogP contribution >= 0.6 is 11.8 Å². The summed E-state index contributed by atoms with van der Waals surface area (Å²) in [4.78, 5) is 8.96. The number of hydrogen-bond donors (Lipinski definition) is 2. The van der Waals surface area contributed by atoms with Gasteiger partial charge in [0.2, 0.25) is 0 Å². The molecule has 6 nitrogen and oxygen atoms in total. The minimum Gasteiger partial charge on any atom is -0.370 e. The fraction of sp³-hybridized carbons (Fsp3) is 0.500. The molecule has 0 saturated heterocycles. The fourth-order valence-electron chi connectivity index (χ4n) is 1.96. The van der Waals surface area contributed by atoms with Gasteiger partial charge in [-0.3, -0.25) is 4.68 Å². The zero-order chi connectivity index (χ0) is 15.2. The molecule has 7 heteroatoms. The van der Waals surface area contributed by atoms with E-state index in [9.17, 15) is 0 Å². The van der Waals surface area contributed by atoms with Crippen molar-refractivity contribution in [2.75, 3.05) is 23.4 Å². The lowest BCUT2D eigenvalue weighted by Gasteiger charge is -2.09. The third-order valence-corrected chi connectivity index (χ3v) is 3.49. The molecule has 0 amide bonds. The maximum Gasteiger partial charge on any atom is 0.191 e. The molecular formula is C14H22N6S. The molecule has 0 unspecified atom stereocenters. The smallest absolute Gasteiger partial charge is 0.191 e. The van der Waals surface area contributed by atoms with Crippen molar-refractivity contribution in [3.05, 3.63) is 18.0 Å². The molecule has 114 valence electrons. The maximum absolute atomic E-state index is 4.50. The van der Waals surface area contributed by atoms with Crippen LogP contribution < -0.4 is 10.6 Å². The Morgan fingerprint density at radius 3 is 2.67 bits per heavy atom. The van der Waals surface area contributed by atoms with E-state index < -0.39 is 0 Å². The topological polar surface area (TPSA) is 67.7 Å². The molecule has 21 heavy (non-hydrogen) atoms. The highest BCUT2D eigenvalue weighted by molar-refractivity contribution is 7.98. The summed E-state index contributed by atoms with van der Waals surface area (Å²) < 4.78 is 1.81. The molecule has 0 aliphatic heterocycles. The predicted molar refractivity (Wildman–Crippen MR) is 88.5 cm³/mol. The van der Waals surface area contributed by atoms with Crippen molar-refractivity contribution in [3.8, 4) is 0 Å². The molecule has 2 aromatic rings. The number of nitrogens with one attached hydrogen (secondary N) is 2. The number of thioether (sulfide) groups is 1. The van der Waals surface area contributed by atoms with Crippen molar-refractivity contribution in [2.45, 2.75) is 31.8 Å². The zero-order valence-corrected chi connectivity index (χ0v) is 13.8. The van der Waals surface area contributed by atoms with E-state index in [0.29, 0.717) is 0 Å². The Balaban J connectivity index is 2.25. The van der Waals surface area contributed by atoms with Crippen LogP contribution in [-0.2, 0) is 13.5 Å². The lowest BCUT2D eigenvalue weighted by Crippen LogP contribution is -2.05. The monoisotopic (exact) mass is 306 g/mol. The Kier molecular flexibility index (Phi) is 5.44. The van der Waals surface area contributed by atoms with Crippen LogP contribution in [0.4, 0.5) is 17.3 Å². The van der Waals surface area contributed by atoms with Gasteiger partial charge in [-0.1, -0.05) is 25.6 Å². The van der Waals surface area contributed by atoms with E-state index in [0.717, 1.165) is 47.6 Å². The molecule has 2 aromatic heterocycles. The molecule has 0 radical (unpaired) electrons. The van der Waals surface area contributed by atoms with Gasteiger partial charge in [0, 0.05) is 25.9 Å². The van der Waals surface area contributed by atoms with Crippen LogP contribution in [0.5, 0.6) is 0 Å². The van der Waals surface area contributed by atoms with Gasteiger partial charge < -0.3 is 10.6 Å². The van der Waals surface area contributed by atoms with Crippen LogP contribution in [0, 0.1) is 0 Å². The highest BCUT2D eigenvalue weighted by Gasteiger charge is 2.09. The molecule has 2 rings (SSSR count). The number of aromatic nitrogens is 4. The van der Waals surface area contributed by atoms with Gasteiger partial charge in [-0.2, -0.15) is 5.10 Å². The van der Waals surface area contributed by atoms with Crippen molar-refractivity contribution in [2.24, 2.45) is 7.05 Å². The third-order valence-electron chi connectivity index (χ3n) is 2.95. The van der Waals surface area contributed by atoms with Crippen LogP contribution in [-0.4, -0.2) is 32.5 Å². The number of nitrogens with zero attached hydrogens (tertiary/aromatic N) is 4. The van der Waals surface area contributed by atoms with Crippen molar-refractivity contribution >= 4 is 29.1 Å². The lowest BCUT2D eigenvalue weighted by atomic mass is 10.3. The molecule has 0 atom stereocenters. The first-order chi connectivity index (χ1) is 10.2. The van der Waals surface area contributed by atoms with E-state index in [1.807, 2.05) is 30.2 Å². The standard InChI is InChI=1S/C14H22N6S/c1-5-7-15-12-8-13(18-14(17-12)21-4)16-11-9-20(3)19-10(11)6-2/h8-9H,5-7H2,1-4H3,(H2,15,16,17,18). The average Bonchev–Trinajstić information content (AvgIpc) is 2.84. The Bertz CT molecular complexity index is 595. The summed E-state index contributed by atoms with van der Waals surface area (Å²) in [7, 11) is 1.92. The summed E-state index contributed by atoms with van der Waals surface area (Å²) in [5, 5.41) is 11.8. The normalized spacial score (nSPS) is 10.7. The minimum absolute atomic E-state index is 0.751. The van der Waals surface area contributed by atoms with Gasteiger partial charge in [-0.05, 0) is 19.1 Å². The second-order valence-corrected chi connectivity index (χ2v) is 5.47. The summed E-state index contributed by atoms with van der Waals surface area (Å²) in [6.07, 6.45) is 5.89. The van der Waals surface area contributed by atoms with Crippen molar-refractivity contribution in [3.63, 3.8) is 0 Å². The second-order valence-electron chi connectivity index (χ2n) is 4.69. The molecule has 0 aliphatic carbocycles. The Hall–Kier alpha value is -1.76. The van der Waals surface area contributed by atoms with E-state index in [1.54, 1.807) is 0 Å². The number of anilines is 3. The average molecular weight is 306 g/mol. The van der Waals surface area contributed by atoms with Crippen LogP contribution in [0.25, 0.3) is 0 Å². The van der Waals surface area contributed by atoms with Crippen LogP contribution in [0.3, 0.4) is 0 Å². The van der Waals surface area contributed by atoms with E-state index in [1.165, 1.54) is 11.8 Å². The summed E-state index contributed by atoms with van der Waals surface area (Å²) in [6, 6.07) is 1.93. The summed E-state index contributed by atoms with van der Waals surface area (Å²) in [6.45, 7) is 5.12. The molecule has 0 saturated carbocycles. The van der Waals surface area contributed by atoms with Gasteiger partial charge >= 0.3 is 0 Å². The molecule has 0 aromatic carbocycles. The maximum atomic E-state index is 4.50. The van der Waals surface area contributed by atoms with Crippen molar-refractivity contribution in [1.82, 2.24) is 19.7 Å². The first-order valence-electron chi connectivity index (χ1n) is 7.12. The van der Waals surface area contributed by atoms with Gasteiger partial charge in [0.05, 0.1) is 11.4 Å². The largest absolute Gasteiger partial charge is 0.370 e. The molecule has 2 heterocycles. The van der Waals surface area contributed by atoms with Gasteiger partial charge in [0.1, 0.15) is 11.6 Å². The minimum atomic E-state index is 0.751. The van der Waals surface area contributed by atoms with E-state index in [-0.39, 0.29) is 0 Å². The highest BCUT2D eigenvalue weighted by atomic mass is 32.2. The lowest BCUT2D eigenvalue weighted by molar-refractivity contribution is 0.746. The summed E-state index contributed by atoms with van der Waals surface area (Å²) >= 11 is 1.53. The summed E-state index contributed by atoms with van der Waals surface area (Å²) in [5.74, 6) is 1.64. The van der Waals surface area contributed by atoms with E-state index in [4.69, 9.17) is 0 Å². The fourth-order valence-corrected chi connectivity index (χ4v) is 2.34. The van der Waals surface area contributed by atoms with Gasteiger partial charge in [0.15, 0.2) is 5.16 Å². The third kappa shape index (κ3) is 4.10. The van der Waals surface area contributed by atoms with Crippen LogP contribution in [0.1, 0.15) is 26.0 Å². The van der Waals surface area contributed by atoms with Crippen LogP contribution in [0.2, 0.25) is 0 Å². The second kappa shape index (κ2) is 7.31. The first-order valence-corrected chi connectivity index (χ1v) is 8.35. The van der Waals surface area contributed by atoms with Gasteiger partial charge in [0.25, 0.3) is 0 Å². The summed E-state index contributed by atoms with van der Waals surface area (Å²) in [5.41, 5.74) is 2.03. The first kappa shape index (κ1) is 15.6. The Labute approximate surface area is 129 Å². The Morgan fingerprint density at radius 2 is 2.00 bits per heavy atom. The molecule has 0 bridgehead atoms. The number of aryl methyl sites for hydroxylation is 2. The van der Waals surface area contributed by atoms with E-state index in [2.05, 4.69) is 39.5 Å². The number of hydrogen-bond acceptors (Lipinski definition) is 6. The SMILES string of the molecule is CCCNc1cc(Nc2cn(C)nc2CC)nc(SC)n1. The van der Waals surface area contributed by atoms with Gasteiger partial charge in [-0.25, -0.2) is 9.97 Å². The van der Waals surface area contributed by atoms with Crippen molar-refractivity contribution in [1.29, 1.82) is 0 Å². The quantitative estimate of drug-likeness (QED) is 0.605. The molecule has 0 spiro atoms. The molecular weight excluding hydrogens is 284 g/mol. The highest BCUT2D eigenvalue weighted by Crippen LogP contribution is 2.23. The molecule has 0 fully saturated rings. The van der Waals surface area contributed by atoms with Gasteiger partial charge in [-0.15, -0.1) is 0 Å². The number of rotatable bonds is 7. The molecule has 2 N–H and O–H groups in total.